The van der Waals surface area contributed by atoms with Crippen LogP contribution in [0.2, 0.25) is 0 Å². The molecule has 0 aliphatic carbocycles. The molecule has 14 heavy (non-hydrogen) atoms. The van der Waals surface area contributed by atoms with Gasteiger partial charge in [-0.2, -0.15) is 0 Å². The van der Waals surface area contributed by atoms with E-state index >= 15 is 0 Å². The first-order valence-electron chi connectivity index (χ1n) is 4.00. The molecule has 5 atom stereocenters. The maximum absolute atomic E-state index is 10.3. The molecule has 1 aliphatic heterocycles. The summed E-state index contributed by atoms with van der Waals surface area (Å²) < 4.78 is 27.5. The van der Waals surface area contributed by atoms with E-state index in [4.69, 9.17) is 9.84 Å². The second kappa shape index (κ2) is 5.12. The minimum absolute atomic E-state index is 0.0859. The molecule has 1 saturated heterocycles. The number of ether oxygens (including phenoxy) is 1. The van der Waals surface area contributed by atoms with Crippen molar-refractivity contribution in [1.29, 1.82) is 0 Å². The summed E-state index contributed by atoms with van der Waals surface area (Å²) in [5.74, 6) is 0. The Labute approximate surface area is 83.1 Å². The first kappa shape index (κ1) is 12.0. The van der Waals surface area contributed by atoms with Crippen LogP contribution in [0.5, 0.6) is 0 Å². The maximum atomic E-state index is 10.3. The Morgan fingerprint density at radius 3 is 2.64 bits per heavy atom. The molecule has 0 aromatic heterocycles. The highest BCUT2D eigenvalue weighted by Gasteiger charge is 2.37. The fourth-order valence-corrected chi connectivity index (χ4v) is 1.73. The van der Waals surface area contributed by atoms with Gasteiger partial charge in [-0.05, 0) is 0 Å². The van der Waals surface area contributed by atoms with Crippen LogP contribution in [0.4, 0.5) is 0 Å². The molecule has 1 aliphatic rings. The van der Waals surface area contributed by atoms with E-state index in [1.807, 2.05) is 4.72 Å². The highest BCUT2D eigenvalue weighted by atomic mass is 32.2. The number of hydrogen-bond donors (Lipinski definition) is 4. The second-order valence-corrected chi connectivity index (χ2v) is 3.70. The zero-order valence-electron chi connectivity index (χ0n) is 7.20. The Kier molecular flexibility index (Phi) is 4.38. The molecular weight excluding hydrogens is 214 g/mol. The van der Waals surface area contributed by atoms with Crippen LogP contribution >= 0.6 is 0 Å². The summed E-state index contributed by atoms with van der Waals surface area (Å²) >= 11 is -2.53. The van der Waals surface area contributed by atoms with E-state index in [9.17, 15) is 19.0 Å². The van der Waals surface area contributed by atoms with E-state index in [0.29, 0.717) is 0 Å². The molecule has 0 bridgehead atoms. The lowest BCUT2D eigenvalue weighted by atomic mass is 9.99. The van der Waals surface area contributed by atoms with Gasteiger partial charge in [0.25, 0.3) is 0 Å². The summed E-state index contributed by atoms with van der Waals surface area (Å²) in [5.41, 5.74) is 0. The Morgan fingerprint density at radius 2 is 2.14 bits per heavy atom. The van der Waals surface area contributed by atoms with Gasteiger partial charge < -0.3 is 24.6 Å². The topological polar surface area (TPSA) is 122 Å². The van der Waals surface area contributed by atoms with Crippen molar-refractivity contribution in [3.8, 4) is 0 Å². The van der Waals surface area contributed by atoms with Crippen molar-refractivity contribution in [3.63, 3.8) is 0 Å². The molecule has 1 fully saturated rings. The normalized spacial score (nSPS) is 40.9. The third kappa shape index (κ3) is 2.70. The predicted octanol–water partition coefficient (Wildman–Crippen LogP) is -3.15. The van der Waals surface area contributed by atoms with Crippen LogP contribution in [0.25, 0.3) is 0 Å². The average Bonchev–Trinajstić information content (AvgIpc) is 2.13. The van der Waals surface area contributed by atoms with Gasteiger partial charge in [0.15, 0.2) is 0 Å². The lowest BCUT2D eigenvalue weighted by Gasteiger charge is -2.37. The van der Waals surface area contributed by atoms with Crippen molar-refractivity contribution in [2.24, 2.45) is 0 Å². The zero-order valence-corrected chi connectivity index (χ0v) is 8.01. The van der Waals surface area contributed by atoms with E-state index in [2.05, 4.69) is 0 Å². The Hall–Kier alpha value is -0.0900. The third-order valence-corrected chi connectivity index (χ3v) is 2.56. The van der Waals surface area contributed by atoms with Crippen LogP contribution < -0.4 is 4.72 Å². The largest absolute Gasteiger partial charge is 0.760 e. The minimum atomic E-state index is -2.53. The minimum Gasteiger partial charge on any atom is -0.760 e. The van der Waals surface area contributed by atoms with Gasteiger partial charge in [-0.25, -0.2) is 4.72 Å². The van der Waals surface area contributed by atoms with Crippen molar-refractivity contribution in [3.05, 3.63) is 0 Å². The number of aliphatic hydroxyl groups excluding tert-OH is 3. The molecule has 1 rings (SSSR count). The quantitative estimate of drug-likeness (QED) is 0.377. The molecule has 4 N–H and O–H groups in total. The van der Waals surface area contributed by atoms with E-state index in [1.165, 1.54) is 0 Å². The molecule has 0 radical (unpaired) electrons. The molecule has 84 valence electrons. The molecule has 0 aromatic rings. The predicted molar refractivity (Wildman–Crippen MR) is 44.7 cm³/mol. The van der Waals surface area contributed by atoms with Crippen LogP contribution in [0.15, 0.2) is 0 Å². The van der Waals surface area contributed by atoms with Gasteiger partial charge in [-0.15, -0.1) is 0 Å². The van der Waals surface area contributed by atoms with Crippen LogP contribution in [0.1, 0.15) is 0 Å². The van der Waals surface area contributed by atoms with Crippen LogP contribution in [0, 0.1) is 0 Å². The van der Waals surface area contributed by atoms with E-state index < -0.39 is 42.2 Å². The molecule has 1 heterocycles. The van der Waals surface area contributed by atoms with Gasteiger partial charge in [0, 0.05) is 11.3 Å². The smallest absolute Gasteiger partial charge is 0.110 e. The van der Waals surface area contributed by atoms with E-state index in [-0.39, 0.29) is 6.61 Å². The van der Waals surface area contributed by atoms with E-state index in [0.717, 1.165) is 0 Å². The van der Waals surface area contributed by atoms with Crippen molar-refractivity contribution in [1.82, 2.24) is 4.72 Å². The molecule has 0 amide bonds. The standard InChI is InChI=1S/C6H13NO6S/c8-1-4-6(10)5(9)3(2-13-4)7-14(11)12/h3-10H,1-2H2,(H,11,12)/p-1/t3-,4+,5+,6+/m0/s1. The van der Waals surface area contributed by atoms with Crippen LogP contribution in [-0.4, -0.2) is 61.6 Å². The summed E-state index contributed by atoms with van der Waals surface area (Å²) in [6, 6.07) is -0.883. The van der Waals surface area contributed by atoms with Crippen molar-refractivity contribution >= 4 is 11.3 Å². The highest BCUT2D eigenvalue weighted by molar-refractivity contribution is 7.77. The monoisotopic (exact) mass is 226 g/mol. The van der Waals surface area contributed by atoms with Crippen molar-refractivity contribution in [2.45, 2.75) is 24.4 Å². The first-order valence-corrected chi connectivity index (χ1v) is 5.07. The third-order valence-electron chi connectivity index (χ3n) is 2.06. The summed E-state index contributed by atoms with van der Waals surface area (Å²) in [7, 11) is 0. The van der Waals surface area contributed by atoms with E-state index in [1.54, 1.807) is 0 Å². The second-order valence-electron chi connectivity index (χ2n) is 2.99. The Bertz CT molecular complexity index is 214. The van der Waals surface area contributed by atoms with Gasteiger partial charge in [0.1, 0.15) is 18.3 Å². The fourth-order valence-electron chi connectivity index (χ4n) is 1.27. The maximum Gasteiger partial charge on any atom is 0.110 e. The molecular formula is C6H12NO6S-. The molecule has 8 heteroatoms. The average molecular weight is 226 g/mol. The van der Waals surface area contributed by atoms with Crippen LogP contribution in [-0.2, 0) is 16.0 Å². The van der Waals surface area contributed by atoms with Gasteiger partial charge >= 0.3 is 0 Å². The van der Waals surface area contributed by atoms with Gasteiger partial charge in [0.2, 0.25) is 0 Å². The van der Waals surface area contributed by atoms with Gasteiger partial charge in [-0.3, -0.25) is 4.21 Å². The lowest BCUT2D eigenvalue weighted by molar-refractivity contribution is -0.158. The number of hydrogen-bond acceptors (Lipinski definition) is 6. The molecule has 7 nitrogen and oxygen atoms in total. The van der Waals surface area contributed by atoms with Gasteiger partial charge in [0.05, 0.1) is 19.3 Å². The first-order chi connectivity index (χ1) is 6.56. The summed E-state index contributed by atoms with van der Waals surface area (Å²) in [4.78, 5) is 0. The molecule has 0 aromatic carbocycles. The lowest BCUT2D eigenvalue weighted by Crippen LogP contribution is -2.59. The summed E-state index contributed by atoms with van der Waals surface area (Å²) in [6.07, 6.45) is -3.45. The molecule has 0 spiro atoms. The Morgan fingerprint density at radius 1 is 1.50 bits per heavy atom. The van der Waals surface area contributed by atoms with Crippen LogP contribution in [0.3, 0.4) is 0 Å². The summed E-state index contributed by atoms with van der Waals surface area (Å²) in [6.45, 7) is -0.511. The SMILES string of the molecule is O=S([O-])N[C@H]1CO[C@H](CO)[C@@H](O)[C@@H]1O. The zero-order chi connectivity index (χ0) is 10.7. The Balaban J connectivity index is 2.54. The summed E-state index contributed by atoms with van der Waals surface area (Å²) in [5, 5.41) is 27.5. The number of aliphatic hydroxyl groups is 3. The number of nitrogens with one attached hydrogen (secondary N) is 1. The molecule has 1 unspecified atom stereocenters. The van der Waals surface area contributed by atoms with Crippen molar-refractivity contribution in [2.75, 3.05) is 13.2 Å². The van der Waals surface area contributed by atoms with Gasteiger partial charge in [-0.1, -0.05) is 0 Å². The fraction of sp³-hybridized carbons (Fsp3) is 1.00. The highest BCUT2D eigenvalue weighted by Crippen LogP contribution is 2.15. The molecule has 0 saturated carbocycles. The van der Waals surface area contributed by atoms with Crippen molar-refractivity contribution < 1.29 is 28.8 Å². The number of rotatable bonds is 3.